The molecule has 114 valence electrons. The number of benzene rings is 1. The summed E-state index contributed by atoms with van der Waals surface area (Å²) in [6.07, 6.45) is 1.14. The molecule has 1 saturated heterocycles. The van der Waals surface area contributed by atoms with Crippen LogP contribution in [-0.2, 0) is 0 Å². The molecule has 1 fully saturated rings. The van der Waals surface area contributed by atoms with E-state index in [1.165, 1.54) is 12.1 Å². The predicted molar refractivity (Wildman–Crippen MR) is 81.4 cm³/mol. The zero-order valence-electron chi connectivity index (χ0n) is 12.6. The molecule has 21 heavy (non-hydrogen) atoms. The van der Waals surface area contributed by atoms with Crippen LogP contribution in [0.15, 0.2) is 18.2 Å². The van der Waals surface area contributed by atoms with Crippen molar-refractivity contribution in [3.05, 3.63) is 33.9 Å². The van der Waals surface area contributed by atoms with Crippen molar-refractivity contribution in [3.8, 4) is 0 Å². The molecular formula is C15H21N3O3. The summed E-state index contributed by atoms with van der Waals surface area (Å²) in [4.78, 5) is 24.4. The lowest BCUT2D eigenvalue weighted by atomic mass is 9.92. The highest BCUT2D eigenvalue weighted by Crippen LogP contribution is 2.24. The van der Waals surface area contributed by atoms with Gasteiger partial charge in [-0.3, -0.25) is 10.1 Å². The maximum Gasteiger partial charge on any atom is 0.321 e. The number of urea groups is 1. The lowest BCUT2D eigenvalue weighted by molar-refractivity contribution is -0.384. The Morgan fingerprint density at radius 3 is 2.48 bits per heavy atom. The van der Waals surface area contributed by atoms with Crippen LogP contribution in [0.4, 0.5) is 16.2 Å². The van der Waals surface area contributed by atoms with E-state index in [9.17, 15) is 14.9 Å². The minimum atomic E-state index is -0.438. The van der Waals surface area contributed by atoms with Gasteiger partial charge in [-0.2, -0.15) is 0 Å². The third kappa shape index (κ3) is 3.71. The Kier molecular flexibility index (Phi) is 4.45. The van der Waals surface area contributed by atoms with Crippen LogP contribution < -0.4 is 5.32 Å². The molecule has 2 amide bonds. The van der Waals surface area contributed by atoms with E-state index in [1.54, 1.807) is 13.0 Å². The van der Waals surface area contributed by atoms with Gasteiger partial charge in [-0.1, -0.05) is 13.8 Å². The van der Waals surface area contributed by atoms with Crippen LogP contribution in [0.3, 0.4) is 0 Å². The molecule has 0 bridgehead atoms. The fourth-order valence-electron chi connectivity index (χ4n) is 2.92. The quantitative estimate of drug-likeness (QED) is 0.670. The maximum absolute atomic E-state index is 12.3. The predicted octanol–water partition coefficient (Wildman–Crippen LogP) is 3.41. The molecule has 0 aromatic heterocycles. The number of nitrogens with zero attached hydrogens (tertiary/aromatic N) is 2. The Bertz CT molecular complexity index is 549. The molecule has 6 heteroatoms. The molecule has 6 nitrogen and oxygen atoms in total. The van der Waals surface area contributed by atoms with Crippen molar-refractivity contribution in [1.29, 1.82) is 0 Å². The van der Waals surface area contributed by atoms with Crippen molar-refractivity contribution in [3.63, 3.8) is 0 Å². The number of hydrogen-bond acceptors (Lipinski definition) is 3. The number of amides is 2. The van der Waals surface area contributed by atoms with Crippen molar-refractivity contribution in [1.82, 2.24) is 4.90 Å². The number of non-ortho nitro benzene ring substituents is 1. The van der Waals surface area contributed by atoms with Crippen molar-refractivity contribution < 1.29 is 9.72 Å². The number of piperidine rings is 1. The summed E-state index contributed by atoms with van der Waals surface area (Å²) in [6.45, 7) is 7.55. The SMILES string of the molecule is Cc1cc([N+](=O)[O-])ccc1NC(=O)N1C[C@H](C)C[C@H](C)C1. The third-order valence-corrected chi connectivity index (χ3v) is 3.82. The van der Waals surface area contributed by atoms with Gasteiger partial charge in [0.1, 0.15) is 0 Å². The zero-order chi connectivity index (χ0) is 15.6. The minimum Gasteiger partial charge on any atom is -0.324 e. The summed E-state index contributed by atoms with van der Waals surface area (Å²) in [5.41, 5.74) is 1.35. The molecule has 0 radical (unpaired) electrons. The summed E-state index contributed by atoms with van der Waals surface area (Å²) in [7, 11) is 0. The summed E-state index contributed by atoms with van der Waals surface area (Å²) in [5.74, 6) is 0.995. The van der Waals surface area contributed by atoms with Crippen LogP contribution in [0, 0.1) is 28.9 Å². The summed E-state index contributed by atoms with van der Waals surface area (Å²) in [6, 6.07) is 4.33. The van der Waals surface area contributed by atoms with E-state index < -0.39 is 4.92 Å². The Labute approximate surface area is 124 Å². The topological polar surface area (TPSA) is 75.5 Å². The van der Waals surface area contributed by atoms with Gasteiger partial charge in [-0.05, 0) is 36.8 Å². The van der Waals surface area contributed by atoms with E-state index in [0.717, 1.165) is 19.5 Å². The number of nitrogens with one attached hydrogen (secondary N) is 1. The second-order valence-corrected chi connectivity index (χ2v) is 6.04. The number of hydrogen-bond donors (Lipinski definition) is 1. The number of carbonyl (C=O) groups is 1. The monoisotopic (exact) mass is 291 g/mol. The van der Waals surface area contributed by atoms with Crippen LogP contribution in [0.25, 0.3) is 0 Å². The number of nitro groups is 1. The lowest BCUT2D eigenvalue weighted by Gasteiger charge is -2.35. The molecule has 2 atom stereocenters. The Morgan fingerprint density at radius 2 is 1.95 bits per heavy atom. The van der Waals surface area contributed by atoms with Gasteiger partial charge in [0.05, 0.1) is 4.92 Å². The highest BCUT2D eigenvalue weighted by molar-refractivity contribution is 5.90. The number of anilines is 1. The van der Waals surface area contributed by atoms with E-state index in [-0.39, 0.29) is 11.7 Å². The van der Waals surface area contributed by atoms with Gasteiger partial charge in [0.2, 0.25) is 0 Å². The van der Waals surface area contributed by atoms with Crippen LogP contribution in [0.5, 0.6) is 0 Å². The Morgan fingerprint density at radius 1 is 1.33 bits per heavy atom. The lowest BCUT2D eigenvalue weighted by Crippen LogP contribution is -2.44. The average molecular weight is 291 g/mol. The molecular weight excluding hydrogens is 270 g/mol. The molecule has 0 spiro atoms. The number of nitro benzene ring substituents is 1. The average Bonchev–Trinajstić information content (AvgIpc) is 2.39. The Balaban J connectivity index is 2.07. The summed E-state index contributed by atoms with van der Waals surface area (Å²) < 4.78 is 0. The molecule has 1 aliphatic heterocycles. The van der Waals surface area contributed by atoms with E-state index in [0.29, 0.717) is 23.1 Å². The van der Waals surface area contributed by atoms with Gasteiger partial charge in [-0.15, -0.1) is 0 Å². The smallest absolute Gasteiger partial charge is 0.321 e. The molecule has 1 heterocycles. The van der Waals surface area contributed by atoms with Gasteiger partial charge >= 0.3 is 6.03 Å². The first-order chi connectivity index (χ1) is 9.86. The van der Waals surface area contributed by atoms with Crippen molar-refractivity contribution in [2.75, 3.05) is 18.4 Å². The number of carbonyl (C=O) groups excluding carboxylic acids is 1. The molecule has 0 aliphatic carbocycles. The highest BCUT2D eigenvalue weighted by atomic mass is 16.6. The van der Waals surface area contributed by atoms with E-state index in [1.807, 2.05) is 4.90 Å². The fourth-order valence-corrected chi connectivity index (χ4v) is 2.92. The largest absolute Gasteiger partial charge is 0.324 e. The van der Waals surface area contributed by atoms with Gasteiger partial charge < -0.3 is 10.2 Å². The fraction of sp³-hybridized carbons (Fsp3) is 0.533. The van der Waals surface area contributed by atoms with E-state index in [4.69, 9.17) is 0 Å². The van der Waals surface area contributed by atoms with Crippen molar-refractivity contribution in [2.24, 2.45) is 11.8 Å². The first-order valence-corrected chi connectivity index (χ1v) is 7.17. The number of rotatable bonds is 2. The summed E-state index contributed by atoms with van der Waals surface area (Å²) in [5, 5.41) is 13.6. The molecule has 1 N–H and O–H groups in total. The second kappa shape index (κ2) is 6.11. The summed E-state index contributed by atoms with van der Waals surface area (Å²) >= 11 is 0. The molecule has 1 aromatic carbocycles. The molecule has 0 unspecified atom stereocenters. The second-order valence-electron chi connectivity index (χ2n) is 6.04. The maximum atomic E-state index is 12.3. The number of aryl methyl sites for hydroxylation is 1. The van der Waals surface area contributed by atoms with E-state index in [2.05, 4.69) is 19.2 Å². The molecule has 1 aromatic rings. The van der Waals surface area contributed by atoms with Crippen molar-refractivity contribution >= 4 is 17.4 Å². The highest BCUT2D eigenvalue weighted by Gasteiger charge is 2.25. The van der Waals surface area contributed by atoms with Gasteiger partial charge in [0.25, 0.3) is 5.69 Å². The minimum absolute atomic E-state index is 0.0331. The Hall–Kier alpha value is -2.11. The van der Waals surface area contributed by atoms with Crippen LogP contribution in [0.2, 0.25) is 0 Å². The first-order valence-electron chi connectivity index (χ1n) is 7.17. The molecule has 0 saturated carbocycles. The standard InChI is InChI=1S/C15H21N3O3/c1-10-6-11(2)9-17(8-10)15(19)16-14-5-4-13(18(20)21)7-12(14)3/h4-5,7,10-11H,6,8-9H2,1-3H3,(H,16,19)/t10-,11+. The molecule has 1 aliphatic rings. The van der Waals surface area contributed by atoms with Crippen LogP contribution in [0.1, 0.15) is 25.8 Å². The zero-order valence-corrected chi connectivity index (χ0v) is 12.6. The van der Waals surface area contributed by atoms with Crippen molar-refractivity contribution in [2.45, 2.75) is 27.2 Å². The third-order valence-electron chi connectivity index (χ3n) is 3.82. The molecule has 2 rings (SSSR count). The normalized spacial score (nSPS) is 22.0. The van der Waals surface area contributed by atoms with E-state index >= 15 is 0 Å². The first kappa shape index (κ1) is 15.3. The van der Waals surface area contributed by atoms with Crippen LogP contribution in [-0.4, -0.2) is 28.9 Å². The number of likely N-dealkylation sites (tertiary alicyclic amines) is 1. The van der Waals surface area contributed by atoms with Gasteiger partial charge in [-0.25, -0.2) is 4.79 Å². The van der Waals surface area contributed by atoms with Crippen LogP contribution >= 0.6 is 0 Å². The van der Waals surface area contributed by atoms with Gasteiger partial charge in [0, 0.05) is 30.9 Å². The van der Waals surface area contributed by atoms with Gasteiger partial charge in [0.15, 0.2) is 0 Å².